The molecule has 0 spiro atoms. The second kappa shape index (κ2) is 14.7. The molecule has 2 unspecified atom stereocenters. The number of nitrogens with zero attached hydrogens (tertiary/aromatic N) is 1. The van der Waals surface area contributed by atoms with Crippen LogP contribution in [0.1, 0.15) is 26.3 Å². The van der Waals surface area contributed by atoms with Crippen LogP contribution < -0.4 is 21.8 Å². The fraction of sp³-hybridized carbons (Fsp3) is 0.364. The highest BCUT2D eigenvalue weighted by Gasteiger charge is 2.24. The van der Waals surface area contributed by atoms with Gasteiger partial charge in [0, 0.05) is 12.2 Å². The Morgan fingerprint density at radius 1 is 0.943 bits per heavy atom. The van der Waals surface area contributed by atoms with Crippen molar-refractivity contribution in [1.82, 2.24) is 21.1 Å². The lowest BCUT2D eigenvalue weighted by Gasteiger charge is -2.24. The third-order valence-electron chi connectivity index (χ3n) is 4.17. The summed E-state index contributed by atoms with van der Waals surface area (Å²) >= 11 is 0. The molecule has 2 atom stereocenters. The third-order valence-corrected chi connectivity index (χ3v) is 4.17. The summed E-state index contributed by atoms with van der Waals surface area (Å²) in [6.07, 6.45) is 0.777. The van der Waals surface area contributed by atoms with Gasteiger partial charge in [0.05, 0.1) is 6.61 Å². The molecule has 190 valence electrons. The molecule has 0 fully saturated rings. The van der Waals surface area contributed by atoms with Gasteiger partial charge in [-0.1, -0.05) is 30.3 Å². The van der Waals surface area contributed by atoms with Crippen molar-refractivity contribution < 1.29 is 38.2 Å². The van der Waals surface area contributed by atoms with Gasteiger partial charge in [-0.05, 0) is 26.3 Å². The molecule has 0 aliphatic carbocycles. The van der Waals surface area contributed by atoms with Crippen LogP contribution in [0.25, 0.3) is 0 Å². The summed E-state index contributed by atoms with van der Waals surface area (Å²) in [7, 11) is 0. The van der Waals surface area contributed by atoms with Crippen LogP contribution in [0.4, 0.5) is 4.79 Å². The Bertz CT molecular complexity index is 950. The van der Waals surface area contributed by atoms with Crippen LogP contribution in [-0.4, -0.2) is 65.9 Å². The van der Waals surface area contributed by atoms with Gasteiger partial charge in [0.25, 0.3) is 11.8 Å². The number of hydrogen-bond donors (Lipinski definition) is 4. The monoisotopic (exact) mass is 491 g/mol. The van der Waals surface area contributed by atoms with Crippen LogP contribution in [0.3, 0.4) is 0 Å². The standard InChI is InChI=1S/C22H29N5O8/c1-4-34-19(30)11-10-18(29)27(12-17(23)28)26-21(32)15(3)24-20(31)14(2)25-22(33)35-13-16-8-6-5-7-9-16/h5-11,14-15H,4,12-13H2,1-3H3,(H2,23,28)(H,24,31)(H,25,33)(H,26,32)/b11-10+. The number of nitrogens with one attached hydrogen (secondary N) is 3. The SMILES string of the molecule is CCOC(=O)/C=C/C(=O)N(CC(N)=O)NC(=O)C(C)NC(=O)C(C)NC(=O)OCc1ccccc1. The van der Waals surface area contributed by atoms with E-state index in [4.69, 9.17) is 10.5 Å². The first-order chi connectivity index (χ1) is 16.5. The van der Waals surface area contributed by atoms with E-state index in [-0.39, 0.29) is 13.2 Å². The number of carbonyl (C=O) groups is 6. The van der Waals surface area contributed by atoms with Crippen molar-refractivity contribution in [1.29, 1.82) is 0 Å². The van der Waals surface area contributed by atoms with E-state index in [2.05, 4.69) is 20.8 Å². The van der Waals surface area contributed by atoms with Crippen molar-refractivity contribution in [3.63, 3.8) is 0 Å². The maximum absolute atomic E-state index is 12.4. The Hall–Kier alpha value is -4.42. The minimum absolute atomic E-state index is 0.00810. The molecule has 13 heteroatoms. The van der Waals surface area contributed by atoms with Crippen molar-refractivity contribution >= 4 is 35.7 Å². The van der Waals surface area contributed by atoms with Gasteiger partial charge >= 0.3 is 12.1 Å². The number of nitrogens with two attached hydrogens (primary N) is 1. The van der Waals surface area contributed by atoms with Gasteiger partial charge in [-0.25, -0.2) is 14.6 Å². The molecular formula is C22H29N5O8. The van der Waals surface area contributed by atoms with E-state index in [1.54, 1.807) is 31.2 Å². The van der Waals surface area contributed by atoms with E-state index < -0.39 is 54.3 Å². The van der Waals surface area contributed by atoms with Crippen LogP contribution in [0.2, 0.25) is 0 Å². The van der Waals surface area contributed by atoms with Crippen LogP contribution in [0.5, 0.6) is 0 Å². The number of rotatable bonds is 11. The summed E-state index contributed by atoms with van der Waals surface area (Å²) < 4.78 is 9.68. The highest BCUT2D eigenvalue weighted by Crippen LogP contribution is 2.01. The predicted molar refractivity (Wildman–Crippen MR) is 122 cm³/mol. The highest BCUT2D eigenvalue weighted by atomic mass is 16.5. The van der Waals surface area contributed by atoms with Gasteiger partial charge in [0.1, 0.15) is 25.2 Å². The molecule has 35 heavy (non-hydrogen) atoms. The summed E-state index contributed by atoms with van der Waals surface area (Å²) in [4.78, 5) is 71.5. The van der Waals surface area contributed by atoms with E-state index in [1.165, 1.54) is 13.8 Å². The molecule has 5 amide bonds. The summed E-state index contributed by atoms with van der Waals surface area (Å²) in [5, 5.41) is 5.26. The zero-order valence-corrected chi connectivity index (χ0v) is 19.6. The number of carbonyl (C=O) groups excluding carboxylic acids is 6. The molecule has 1 rings (SSSR count). The molecule has 5 N–H and O–H groups in total. The van der Waals surface area contributed by atoms with Crippen LogP contribution >= 0.6 is 0 Å². The molecule has 1 aromatic carbocycles. The van der Waals surface area contributed by atoms with E-state index in [0.717, 1.165) is 17.7 Å². The number of benzene rings is 1. The fourth-order valence-corrected chi connectivity index (χ4v) is 2.39. The van der Waals surface area contributed by atoms with Gasteiger partial charge in [-0.15, -0.1) is 0 Å². The first kappa shape index (κ1) is 28.6. The van der Waals surface area contributed by atoms with Gasteiger partial charge in [0.15, 0.2) is 0 Å². The van der Waals surface area contributed by atoms with Gasteiger partial charge < -0.3 is 25.8 Å². The van der Waals surface area contributed by atoms with Crippen LogP contribution in [0.15, 0.2) is 42.5 Å². The maximum atomic E-state index is 12.4. The number of esters is 1. The minimum Gasteiger partial charge on any atom is -0.463 e. The zero-order chi connectivity index (χ0) is 26.4. The Morgan fingerprint density at radius 2 is 1.57 bits per heavy atom. The first-order valence-corrected chi connectivity index (χ1v) is 10.6. The van der Waals surface area contributed by atoms with Crippen molar-refractivity contribution in [3.8, 4) is 0 Å². The van der Waals surface area contributed by atoms with Crippen molar-refractivity contribution in [3.05, 3.63) is 48.0 Å². The second-order valence-electron chi connectivity index (χ2n) is 7.11. The van der Waals surface area contributed by atoms with Crippen LogP contribution in [-0.2, 0) is 40.1 Å². The zero-order valence-electron chi connectivity index (χ0n) is 19.6. The maximum Gasteiger partial charge on any atom is 0.408 e. The first-order valence-electron chi connectivity index (χ1n) is 10.6. The number of ether oxygens (including phenoxy) is 2. The van der Waals surface area contributed by atoms with E-state index in [9.17, 15) is 28.8 Å². The summed E-state index contributed by atoms with van der Waals surface area (Å²) in [5.74, 6) is -4.24. The predicted octanol–water partition coefficient (Wildman–Crippen LogP) is -0.730. The summed E-state index contributed by atoms with van der Waals surface area (Å²) in [5.41, 5.74) is 8.00. The van der Waals surface area contributed by atoms with E-state index >= 15 is 0 Å². The Labute approximate surface area is 201 Å². The van der Waals surface area contributed by atoms with Crippen molar-refractivity contribution in [2.24, 2.45) is 5.73 Å². The molecule has 0 aromatic heterocycles. The van der Waals surface area contributed by atoms with Gasteiger partial charge in [-0.2, -0.15) is 0 Å². The topological polar surface area (TPSA) is 186 Å². The molecule has 0 saturated heterocycles. The van der Waals surface area contributed by atoms with Crippen LogP contribution in [0, 0.1) is 0 Å². The minimum atomic E-state index is -1.18. The smallest absolute Gasteiger partial charge is 0.408 e. The van der Waals surface area contributed by atoms with Gasteiger partial charge in [0.2, 0.25) is 11.8 Å². The summed E-state index contributed by atoms with van der Waals surface area (Å²) in [6.45, 7) is 3.68. The fourth-order valence-electron chi connectivity index (χ4n) is 2.39. The summed E-state index contributed by atoms with van der Waals surface area (Å²) in [6, 6.07) is 6.69. The molecule has 0 aliphatic rings. The third kappa shape index (κ3) is 11.3. The largest absolute Gasteiger partial charge is 0.463 e. The van der Waals surface area contributed by atoms with Crippen molar-refractivity contribution in [2.75, 3.05) is 13.2 Å². The number of alkyl carbamates (subject to hydrolysis) is 1. The number of hydrogen-bond acceptors (Lipinski definition) is 8. The normalized spacial score (nSPS) is 12.1. The molecule has 0 radical (unpaired) electrons. The lowest BCUT2D eigenvalue weighted by Crippen LogP contribution is -2.56. The molecule has 0 bridgehead atoms. The molecular weight excluding hydrogens is 462 g/mol. The molecule has 0 saturated carbocycles. The quantitative estimate of drug-likeness (QED) is 0.177. The molecule has 13 nitrogen and oxygen atoms in total. The molecule has 0 aliphatic heterocycles. The average molecular weight is 492 g/mol. The lowest BCUT2D eigenvalue weighted by atomic mass is 10.2. The number of amides is 5. The molecule has 1 aromatic rings. The Balaban J connectivity index is 2.60. The van der Waals surface area contributed by atoms with Crippen molar-refractivity contribution in [2.45, 2.75) is 39.5 Å². The average Bonchev–Trinajstić information content (AvgIpc) is 2.81. The lowest BCUT2D eigenvalue weighted by molar-refractivity contribution is -0.142. The second-order valence-corrected chi connectivity index (χ2v) is 7.11. The highest BCUT2D eigenvalue weighted by molar-refractivity contribution is 5.98. The molecule has 0 heterocycles. The van der Waals surface area contributed by atoms with E-state index in [0.29, 0.717) is 5.01 Å². The number of hydrazine groups is 1. The Kier molecular flexibility index (Phi) is 12.0. The number of primary amides is 1. The van der Waals surface area contributed by atoms with Gasteiger partial charge in [-0.3, -0.25) is 24.6 Å². The van der Waals surface area contributed by atoms with E-state index in [1.807, 2.05) is 6.07 Å². The Morgan fingerprint density at radius 3 is 2.17 bits per heavy atom.